The smallest absolute Gasteiger partial charge is 0.319 e. The van der Waals surface area contributed by atoms with Crippen LogP contribution in [0.4, 0.5) is 16.2 Å². The number of furan rings is 1. The quantitative estimate of drug-likeness (QED) is 0.511. The van der Waals surface area contributed by atoms with Gasteiger partial charge in [-0.15, -0.1) is 0 Å². The lowest BCUT2D eigenvalue weighted by Crippen LogP contribution is -2.36. The number of likely N-dealkylation sites (N-methyl/N-ethyl adjacent to an activating group) is 1. The van der Waals surface area contributed by atoms with Gasteiger partial charge in [0.1, 0.15) is 5.75 Å². The Morgan fingerprint density at radius 3 is 2.16 bits per heavy atom. The molecule has 0 aliphatic rings. The maximum atomic E-state index is 12.3. The minimum absolute atomic E-state index is 0.0100. The lowest BCUT2D eigenvalue weighted by Gasteiger charge is -2.25. The molecule has 1 aromatic heterocycles. The third kappa shape index (κ3) is 6.10. The van der Waals surface area contributed by atoms with E-state index in [4.69, 9.17) is 9.15 Å². The molecule has 0 saturated carbocycles. The van der Waals surface area contributed by atoms with Crippen molar-refractivity contribution in [2.75, 3.05) is 38.4 Å². The normalized spacial score (nSPS) is 11.6. The molecule has 0 fully saturated rings. The lowest BCUT2D eigenvalue weighted by atomic mass is 10.1. The summed E-state index contributed by atoms with van der Waals surface area (Å²) in [7, 11) is 5.55. The molecule has 0 aliphatic heterocycles. The van der Waals surface area contributed by atoms with Gasteiger partial charge < -0.3 is 30.0 Å². The first-order valence-corrected chi connectivity index (χ1v) is 9.76. The number of rotatable bonds is 8. The zero-order chi connectivity index (χ0) is 22.2. The molecule has 1 heterocycles. The number of methoxy groups -OCH3 is 1. The predicted octanol–water partition coefficient (Wildman–Crippen LogP) is 3.96. The van der Waals surface area contributed by atoms with Crippen LogP contribution in [0.2, 0.25) is 0 Å². The Morgan fingerprint density at radius 1 is 0.968 bits per heavy atom. The molecule has 0 bridgehead atoms. The van der Waals surface area contributed by atoms with Gasteiger partial charge in [-0.2, -0.15) is 0 Å². The van der Waals surface area contributed by atoms with E-state index in [-0.39, 0.29) is 23.7 Å². The highest BCUT2D eigenvalue weighted by atomic mass is 16.5. The number of urea groups is 1. The number of benzene rings is 2. The summed E-state index contributed by atoms with van der Waals surface area (Å²) in [6.07, 6.45) is 1.44. The number of nitrogens with zero attached hydrogens (tertiary/aromatic N) is 1. The van der Waals surface area contributed by atoms with Gasteiger partial charge in [-0.05, 0) is 68.2 Å². The Morgan fingerprint density at radius 2 is 1.61 bits per heavy atom. The highest BCUT2D eigenvalue weighted by molar-refractivity contribution is 6.02. The summed E-state index contributed by atoms with van der Waals surface area (Å²) in [4.78, 5) is 26.4. The topological polar surface area (TPSA) is 95.8 Å². The van der Waals surface area contributed by atoms with Crippen molar-refractivity contribution in [2.45, 2.75) is 6.04 Å². The zero-order valence-electron chi connectivity index (χ0n) is 17.7. The number of amides is 3. The van der Waals surface area contributed by atoms with Crippen molar-refractivity contribution in [3.8, 4) is 5.75 Å². The van der Waals surface area contributed by atoms with Gasteiger partial charge in [-0.1, -0.05) is 12.1 Å². The van der Waals surface area contributed by atoms with Crippen molar-refractivity contribution < 1.29 is 18.7 Å². The molecule has 8 nitrogen and oxygen atoms in total. The average molecular weight is 422 g/mol. The van der Waals surface area contributed by atoms with Crippen LogP contribution in [0.15, 0.2) is 71.3 Å². The largest absolute Gasteiger partial charge is 0.497 e. The van der Waals surface area contributed by atoms with Gasteiger partial charge in [0.25, 0.3) is 5.91 Å². The van der Waals surface area contributed by atoms with Crippen LogP contribution in [0.25, 0.3) is 0 Å². The van der Waals surface area contributed by atoms with Crippen molar-refractivity contribution in [3.63, 3.8) is 0 Å². The molecule has 1 unspecified atom stereocenters. The third-order valence-corrected chi connectivity index (χ3v) is 4.73. The summed E-state index contributed by atoms with van der Waals surface area (Å²) in [5.74, 6) is 0.682. The minimum atomic E-state index is -0.336. The Balaban J connectivity index is 1.52. The summed E-state index contributed by atoms with van der Waals surface area (Å²) in [6, 6.07) is 17.5. The second-order valence-corrected chi connectivity index (χ2v) is 7.10. The maximum absolute atomic E-state index is 12.3. The molecular formula is C23H26N4O4. The number of ether oxygens (including phenoxy) is 1. The van der Waals surface area contributed by atoms with Crippen LogP contribution in [-0.2, 0) is 0 Å². The van der Waals surface area contributed by atoms with Gasteiger partial charge in [0.15, 0.2) is 5.76 Å². The number of nitrogens with one attached hydrogen (secondary N) is 3. The molecule has 0 radical (unpaired) electrons. The lowest BCUT2D eigenvalue weighted by molar-refractivity contribution is 0.0996. The summed E-state index contributed by atoms with van der Waals surface area (Å²) in [5.41, 5.74) is 2.28. The van der Waals surface area contributed by atoms with E-state index in [1.54, 1.807) is 43.5 Å². The van der Waals surface area contributed by atoms with Crippen molar-refractivity contribution >= 4 is 23.3 Å². The van der Waals surface area contributed by atoms with E-state index >= 15 is 0 Å². The zero-order valence-corrected chi connectivity index (χ0v) is 17.7. The molecular weight excluding hydrogens is 396 g/mol. The van der Waals surface area contributed by atoms with Crippen molar-refractivity contribution in [3.05, 3.63) is 78.3 Å². The molecule has 3 rings (SSSR count). The van der Waals surface area contributed by atoms with Gasteiger partial charge in [-0.25, -0.2) is 4.79 Å². The Bertz CT molecular complexity index is 983. The molecule has 162 valence electrons. The molecule has 0 aliphatic carbocycles. The predicted molar refractivity (Wildman–Crippen MR) is 120 cm³/mol. The van der Waals surface area contributed by atoms with Crippen LogP contribution in [0.3, 0.4) is 0 Å². The van der Waals surface area contributed by atoms with Gasteiger partial charge in [0, 0.05) is 17.9 Å². The SMILES string of the molecule is COc1ccc(C(CNC(=O)Nc2ccc(NC(=O)c3ccco3)cc2)N(C)C)cc1. The first-order chi connectivity index (χ1) is 15.0. The highest BCUT2D eigenvalue weighted by Gasteiger charge is 2.15. The van der Waals surface area contributed by atoms with E-state index in [9.17, 15) is 9.59 Å². The number of carbonyl (C=O) groups is 2. The van der Waals surface area contributed by atoms with E-state index in [0.717, 1.165) is 11.3 Å². The fourth-order valence-corrected chi connectivity index (χ4v) is 3.03. The maximum Gasteiger partial charge on any atom is 0.319 e. The van der Waals surface area contributed by atoms with Crippen LogP contribution in [-0.4, -0.2) is 44.6 Å². The minimum Gasteiger partial charge on any atom is -0.497 e. The Labute approximate surface area is 181 Å². The second kappa shape index (κ2) is 10.3. The van der Waals surface area contributed by atoms with E-state index < -0.39 is 0 Å². The monoisotopic (exact) mass is 422 g/mol. The first-order valence-electron chi connectivity index (χ1n) is 9.76. The number of carbonyl (C=O) groups excluding carboxylic acids is 2. The fourth-order valence-electron chi connectivity index (χ4n) is 3.03. The molecule has 0 saturated heterocycles. The van der Waals surface area contributed by atoms with Crippen LogP contribution in [0.1, 0.15) is 22.2 Å². The Kier molecular flexibility index (Phi) is 7.29. The second-order valence-electron chi connectivity index (χ2n) is 7.10. The molecule has 1 atom stereocenters. The van der Waals surface area contributed by atoms with Crippen LogP contribution in [0, 0.1) is 0 Å². The molecule has 3 aromatic rings. The van der Waals surface area contributed by atoms with Gasteiger partial charge in [0.05, 0.1) is 19.4 Å². The summed E-state index contributed by atoms with van der Waals surface area (Å²) < 4.78 is 10.3. The summed E-state index contributed by atoms with van der Waals surface area (Å²) in [5, 5.41) is 8.42. The molecule has 0 spiro atoms. The molecule has 8 heteroatoms. The molecule has 31 heavy (non-hydrogen) atoms. The molecule has 2 aromatic carbocycles. The summed E-state index contributed by atoms with van der Waals surface area (Å²) in [6.45, 7) is 0.433. The summed E-state index contributed by atoms with van der Waals surface area (Å²) >= 11 is 0. The average Bonchev–Trinajstić information content (AvgIpc) is 3.31. The van der Waals surface area contributed by atoms with Crippen molar-refractivity contribution in [1.82, 2.24) is 10.2 Å². The van der Waals surface area contributed by atoms with E-state index in [0.29, 0.717) is 17.9 Å². The van der Waals surface area contributed by atoms with E-state index in [2.05, 4.69) is 16.0 Å². The van der Waals surface area contributed by atoms with Gasteiger partial charge >= 0.3 is 6.03 Å². The van der Waals surface area contributed by atoms with E-state index in [1.165, 1.54) is 6.26 Å². The standard InChI is InChI=1S/C23H26N4O4/c1-27(2)20(16-6-12-19(30-3)13-7-16)15-24-23(29)26-18-10-8-17(9-11-18)25-22(28)21-5-4-14-31-21/h4-14,20H,15H2,1-3H3,(H,25,28)(H2,24,26,29). The fraction of sp³-hybridized carbons (Fsp3) is 0.217. The number of hydrogen-bond acceptors (Lipinski definition) is 5. The number of anilines is 2. The van der Waals surface area contributed by atoms with Crippen molar-refractivity contribution in [2.24, 2.45) is 0 Å². The van der Waals surface area contributed by atoms with Crippen LogP contribution < -0.4 is 20.7 Å². The van der Waals surface area contributed by atoms with Crippen LogP contribution >= 0.6 is 0 Å². The Hall–Kier alpha value is -3.78. The molecule has 3 amide bonds. The van der Waals surface area contributed by atoms with E-state index in [1.807, 2.05) is 43.3 Å². The highest BCUT2D eigenvalue weighted by Crippen LogP contribution is 2.21. The first kappa shape index (κ1) is 21.9. The van der Waals surface area contributed by atoms with Gasteiger partial charge in [0.2, 0.25) is 0 Å². The van der Waals surface area contributed by atoms with Gasteiger partial charge in [-0.3, -0.25) is 4.79 Å². The molecule has 3 N–H and O–H groups in total. The van der Waals surface area contributed by atoms with Crippen LogP contribution in [0.5, 0.6) is 5.75 Å². The number of hydrogen-bond donors (Lipinski definition) is 3. The third-order valence-electron chi connectivity index (χ3n) is 4.73. The van der Waals surface area contributed by atoms with Crippen molar-refractivity contribution in [1.29, 1.82) is 0 Å².